The number of nitrogens with zero attached hydrogens (tertiary/aromatic N) is 1. The van der Waals surface area contributed by atoms with Crippen molar-refractivity contribution in [3.05, 3.63) is 44.4 Å². The summed E-state index contributed by atoms with van der Waals surface area (Å²) in [5, 5.41) is 10.1. The number of nitrogens with one attached hydrogen (secondary N) is 1. The molecule has 2 bridgehead atoms. The fourth-order valence-electron chi connectivity index (χ4n) is 6.55. The first-order chi connectivity index (χ1) is 15.4. The summed E-state index contributed by atoms with van der Waals surface area (Å²) < 4.78 is 5.30. The first-order valence-corrected chi connectivity index (χ1v) is 12.2. The smallest absolute Gasteiger partial charge is 0.323 e. The minimum absolute atomic E-state index is 0.00690. The second-order valence-electron chi connectivity index (χ2n) is 8.89. The number of aliphatic carboxylic acids is 1. The lowest BCUT2D eigenvalue weighted by Gasteiger charge is -2.43. The van der Waals surface area contributed by atoms with Crippen LogP contribution in [-0.2, 0) is 14.4 Å². The van der Waals surface area contributed by atoms with E-state index in [1.54, 1.807) is 18.9 Å². The van der Waals surface area contributed by atoms with E-state index in [1.807, 2.05) is 24.3 Å². The van der Waals surface area contributed by atoms with Crippen molar-refractivity contribution >= 4 is 40.9 Å². The van der Waals surface area contributed by atoms with Gasteiger partial charge in [0.1, 0.15) is 12.3 Å². The summed E-state index contributed by atoms with van der Waals surface area (Å²) >= 11 is 2.83. The number of likely N-dealkylation sites (tertiary alicyclic amines) is 1. The molecule has 166 valence electrons. The molecular weight excluding hydrogens is 452 g/mol. The molecule has 4 aliphatic rings. The first kappa shape index (κ1) is 20.0. The number of carbonyl (C=O) groups excluding carboxylic acids is 2. The maximum Gasteiger partial charge on any atom is 0.323 e. The number of fused-ring (bicyclic) bond motifs is 9. The van der Waals surface area contributed by atoms with Gasteiger partial charge < -0.3 is 14.8 Å². The third-order valence-electron chi connectivity index (χ3n) is 7.58. The number of aromatic nitrogens is 1. The van der Waals surface area contributed by atoms with Crippen molar-refractivity contribution in [3.63, 3.8) is 0 Å². The molecule has 2 saturated carbocycles. The Hall–Kier alpha value is -2.59. The average molecular weight is 473 g/mol. The molecule has 0 radical (unpaired) electrons. The fourth-order valence-corrected chi connectivity index (χ4v) is 9.44. The summed E-state index contributed by atoms with van der Waals surface area (Å²) in [6, 6.07) is 7.81. The molecular formula is C22H20N2O6S2. The van der Waals surface area contributed by atoms with Gasteiger partial charge in [-0.2, -0.15) is 0 Å². The number of hydrogen-bond donors (Lipinski definition) is 2. The molecule has 3 heterocycles. The zero-order chi connectivity index (χ0) is 22.3. The standard InChI is InChI=1S/C22H20N2O6S2/c1-30-9-4-2-8(3-5-9)13-14-10-6-11(17(14)31-19-18(13)32-22(29)23-19)16-15(10)20(27)24(21(16)28)7-12(25)26/h2-5,10-11,13-17H,6-7H2,1H3,(H,23,29)(H,25,26)/t10-,11+,13-,14+,15+,16+,17-/m0/s1. The van der Waals surface area contributed by atoms with Gasteiger partial charge in [-0.25, -0.2) is 0 Å². The quantitative estimate of drug-likeness (QED) is 0.654. The largest absolute Gasteiger partial charge is 0.497 e. The molecule has 2 aliphatic heterocycles. The van der Waals surface area contributed by atoms with Crippen LogP contribution < -0.4 is 9.61 Å². The highest BCUT2D eigenvalue weighted by Gasteiger charge is 2.69. The number of ether oxygens (including phenoxy) is 1. The lowest BCUT2D eigenvalue weighted by Crippen LogP contribution is -2.42. The zero-order valence-corrected chi connectivity index (χ0v) is 18.7. The Morgan fingerprint density at radius 3 is 2.50 bits per heavy atom. The second-order valence-corrected chi connectivity index (χ2v) is 11.1. The number of aromatic amines is 1. The monoisotopic (exact) mass is 472 g/mol. The highest BCUT2D eigenvalue weighted by molar-refractivity contribution is 8.00. The van der Waals surface area contributed by atoms with E-state index >= 15 is 0 Å². The van der Waals surface area contributed by atoms with Crippen molar-refractivity contribution in [1.29, 1.82) is 0 Å². The molecule has 1 aromatic carbocycles. The number of rotatable bonds is 4. The molecule has 1 saturated heterocycles. The molecule has 3 fully saturated rings. The topological polar surface area (TPSA) is 117 Å². The number of hydrogen-bond acceptors (Lipinski definition) is 7. The fraction of sp³-hybridized carbons (Fsp3) is 0.455. The number of H-pyrrole nitrogens is 1. The molecule has 7 atom stereocenters. The Kier molecular flexibility index (Phi) is 4.36. The van der Waals surface area contributed by atoms with Gasteiger partial charge in [-0.05, 0) is 41.9 Å². The maximum absolute atomic E-state index is 13.1. The molecule has 32 heavy (non-hydrogen) atoms. The minimum Gasteiger partial charge on any atom is -0.497 e. The normalized spacial score (nSPS) is 34.4. The molecule has 2 amide bonds. The Bertz CT molecular complexity index is 1200. The van der Waals surface area contributed by atoms with Gasteiger partial charge in [-0.1, -0.05) is 23.5 Å². The van der Waals surface area contributed by atoms with Gasteiger partial charge in [-0.3, -0.25) is 24.1 Å². The Labute approximate surface area is 191 Å². The van der Waals surface area contributed by atoms with E-state index in [0.717, 1.165) is 32.5 Å². The van der Waals surface area contributed by atoms with E-state index in [2.05, 4.69) is 4.98 Å². The van der Waals surface area contributed by atoms with Crippen LogP contribution in [0.2, 0.25) is 0 Å². The molecule has 2 aliphatic carbocycles. The summed E-state index contributed by atoms with van der Waals surface area (Å²) in [6.07, 6.45) is 0.780. The lowest BCUT2D eigenvalue weighted by atomic mass is 9.68. The minimum atomic E-state index is -1.18. The number of methoxy groups -OCH3 is 1. The summed E-state index contributed by atoms with van der Waals surface area (Å²) in [5.41, 5.74) is 1.06. The highest BCUT2D eigenvalue weighted by atomic mass is 32.2. The van der Waals surface area contributed by atoms with Crippen molar-refractivity contribution in [2.75, 3.05) is 13.7 Å². The van der Waals surface area contributed by atoms with Crippen LogP contribution in [0.15, 0.2) is 34.1 Å². The molecule has 1 aromatic heterocycles. The zero-order valence-electron chi connectivity index (χ0n) is 17.0. The number of imide groups is 1. The van der Waals surface area contributed by atoms with Crippen molar-refractivity contribution in [1.82, 2.24) is 9.88 Å². The SMILES string of the molecule is COc1ccc([C@@H]2c3sc(=O)[nH]c3S[C@H]3[C@@H]4C[C@H]([C@H]5C(=O)N(CC(=O)O)C(=O)[C@H]45)[C@H]23)cc1. The molecule has 0 unspecified atom stereocenters. The molecule has 6 rings (SSSR count). The number of carboxylic acid groups (broad SMARTS) is 1. The van der Waals surface area contributed by atoms with Crippen LogP contribution in [0.3, 0.4) is 0 Å². The third kappa shape index (κ3) is 2.62. The first-order valence-electron chi connectivity index (χ1n) is 10.5. The van der Waals surface area contributed by atoms with E-state index < -0.39 is 24.3 Å². The number of thiazole rings is 1. The molecule has 10 heteroatoms. The Morgan fingerprint density at radius 1 is 1.16 bits per heavy atom. The van der Waals surface area contributed by atoms with Gasteiger partial charge in [-0.15, -0.1) is 11.8 Å². The van der Waals surface area contributed by atoms with E-state index in [1.165, 1.54) is 11.3 Å². The van der Waals surface area contributed by atoms with Crippen LogP contribution in [0.5, 0.6) is 5.75 Å². The van der Waals surface area contributed by atoms with Crippen LogP contribution >= 0.6 is 23.1 Å². The summed E-state index contributed by atoms with van der Waals surface area (Å²) in [4.78, 5) is 54.4. The van der Waals surface area contributed by atoms with Crippen LogP contribution in [0.4, 0.5) is 0 Å². The number of benzene rings is 1. The maximum atomic E-state index is 13.1. The highest BCUT2D eigenvalue weighted by Crippen LogP contribution is 2.68. The number of thioether (sulfide) groups is 1. The molecule has 8 nitrogen and oxygen atoms in total. The Balaban J connectivity index is 1.44. The van der Waals surface area contributed by atoms with Gasteiger partial charge in [0, 0.05) is 16.0 Å². The van der Waals surface area contributed by atoms with Crippen LogP contribution in [0, 0.1) is 29.6 Å². The van der Waals surface area contributed by atoms with E-state index in [9.17, 15) is 24.3 Å². The molecule has 0 spiro atoms. The van der Waals surface area contributed by atoms with Gasteiger partial charge in [0.05, 0.1) is 24.0 Å². The van der Waals surface area contributed by atoms with Gasteiger partial charge in [0.25, 0.3) is 0 Å². The van der Waals surface area contributed by atoms with E-state index in [-0.39, 0.29) is 45.6 Å². The van der Waals surface area contributed by atoms with E-state index in [4.69, 9.17) is 4.74 Å². The number of carboxylic acids is 1. The summed E-state index contributed by atoms with van der Waals surface area (Å²) in [6.45, 7) is -0.574. The van der Waals surface area contributed by atoms with Crippen molar-refractivity contribution in [2.24, 2.45) is 29.6 Å². The second kappa shape index (κ2) is 6.95. The van der Waals surface area contributed by atoms with E-state index in [0.29, 0.717) is 0 Å². The molecule has 2 aromatic rings. The third-order valence-corrected chi connectivity index (χ3v) is 10.2. The van der Waals surface area contributed by atoms with Crippen molar-refractivity contribution in [3.8, 4) is 5.75 Å². The predicted octanol–water partition coefficient (Wildman–Crippen LogP) is 2.00. The Morgan fingerprint density at radius 2 is 1.84 bits per heavy atom. The van der Waals surface area contributed by atoms with Gasteiger partial charge in [0.2, 0.25) is 11.8 Å². The van der Waals surface area contributed by atoms with Crippen molar-refractivity contribution in [2.45, 2.75) is 22.6 Å². The lowest BCUT2D eigenvalue weighted by molar-refractivity contribution is -0.149. The van der Waals surface area contributed by atoms with Crippen molar-refractivity contribution < 1.29 is 24.2 Å². The van der Waals surface area contributed by atoms with Crippen LogP contribution in [-0.4, -0.2) is 51.7 Å². The summed E-state index contributed by atoms with van der Waals surface area (Å²) in [7, 11) is 1.61. The van der Waals surface area contributed by atoms with Gasteiger partial charge >= 0.3 is 10.8 Å². The molecule has 2 N–H and O–H groups in total. The predicted molar refractivity (Wildman–Crippen MR) is 116 cm³/mol. The van der Waals surface area contributed by atoms with Crippen LogP contribution in [0.1, 0.15) is 22.8 Å². The number of carbonyl (C=O) groups is 3. The average Bonchev–Trinajstić information content (AvgIpc) is 3.49. The summed E-state index contributed by atoms with van der Waals surface area (Å²) in [5.74, 6) is -2.04. The number of amides is 2. The van der Waals surface area contributed by atoms with Gasteiger partial charge in [0.15, 0.2) is 0 Å². The van der Waals surface area contributed by atoms with Crippen LogP contribution in [0.25, 0.3) is 0 Å².